The molecular formula is C16H20N2O5. The Morgan fingerprint density at radius 3 is 2.87 bits per heavy atom. The molecule has 2 amide bonds. The van der Waals surface area contributed by atoms with Gasteiger partial charge in [0, 0.05) is 18.2 Å². The Kier molecular flexibility index (Phi) is 5.56. The highest BCUT2D eigenvalue weighted by Gasteiger charge is 2.30. The molecule has 0 saturated carbocycles. The Bertz CT molecular complexity index is 602. The Balaban J connectivity index is 1.90. The topological polar surface area (TPSA) is 95.9 Å². The summed E-state index contributed by atoms with van der Waals surface area (Å²) in [6.45, 7) is 0.387. The maximum atomic E-state index is 12.2. The van der Waals surface area contributed by atoms with Crippen molar-refractivity contribution in [1.82, 2.24) is 10.2 Å². The fourth-order valence-corrected chi connectivity index (χ4v) is 2.70. The summed E-state index contributed by atoms with van der Waals surface area (Å²) in [6.07, 6.45) is 1.41. The third-order valence-corrected chi connectivity index (χ3v) is 3.84. The first-order valence-corrected chi connectivity index (χ1v) is 7.44. The van der Waals surface area contributed by atoms with Crippen LogP contribution in [0.25, 0.3) is 0 Å². The third-order valence-electron chi connectivity index (χ3n) is 3.84. The average Bonchev–Trinajstić information content (AvgIpc) is 2.99. The lowest BCUT2D eigenvalue weighted by molar-refractivity contribution is -0.139. The maximum absolute atomic E-state index is 12.2. The van der Waals surface area contributed by atoms with Crippen LogP contribution in [-0.2, 0) is 9.59 Å². The predicted octanol–water partition coefficient (Wildman–Crippen LogP) is 0.891. The van der Waals surface area contributed by atoms with Gasteiger partial charge in [-0.1, -0.05) is 6.07 Å². The molecule has 1 fully saturated rings. The molecule has 0 bridgehead atoms. The summed E-state index contributed by atoms with van der Waals surface area (Å²) in [6, 6.07) is 6.35. The first-order valence-electron chi connectivity index (χ1n) is 7.44. The fourth-order valence-electron chi connectivity index (χ4n) is 2.70. The second-order valence-corrected chi connectivity index (χ2v) is 5.40. The molecule has 7 nitrogen and oxygen atoms in total. The molecule has 7 heteroatoms. The zero-order valence-corrected chi connectivity index (χ0v) is 12.9. The van der Waals surface area contributed by atoms with E-state index < -0.39 is 5.97 Å². The van der Waals surface area contributed by atoms with Gasteiger partial charge in [0.25, 0.3) is 5.91 Å². The number of nitrogens with zero attached hydrogens (tertiary/aromatic N) is 1. The Morgan fingerprint density at radius 1 is 1.39 bits per heavy atom. The van der Waals surface area contributed by atoms with Gasteiger partial charge in [0.1, 0.15) is 5.75 Å². The number of rotatable bonds is 6. The van der Waals surface area contributed by atoms with E-state index in [4.69, 9.17) is 9.84 Å². The van der Waals surface area contributed by atoms with Crippen LogP contribution in [0.1, 0.15) is 29.6 Å². The van der Waals surface area contributed by atoms with Crippen molar-refractivity contribution in [2.45, 2.75) is 25.3 Å². The normalized spacial score (nSPS) is 16.9. The van der Waals surface area contributed by atoms with E-state index in [0.29, 0.717) is 24.3 Å². The first kappa shape index (κ1) is 16.8. The second kappa shape index (κ2) is 7.62. The van der Waals surface area contributed by atoms with Crippen LogP contribution in [0.2, 0.25) is 0 Å². The van der Waals surface area contributed by atoms with Crippen LogP contribution in [0.3, 0.4) is 0 Å². The SMILES string of the molecule is COc1cccc(C(=O)NCC(=O)N2CCC[C@H]2CC(=O)O)c1. The number of ether oxygens (including phenoxy) is 1. The summed E-state index contributed by atoms with van der Waals surface area (Å²) in [5.41, 5.74) is 0.403. The van der Waals surface area contributed by atoms with E-state index in [2.05, 4.69) is 5.32 Å². The van der Waals surface area contributed by atoms with Gasteiger partial charge in [-0.25, -0.2) is 0 Å². The number of carboxylic acids is 1. The van der Waals surface area contributed by atoms with Crippen molar-refractivity contribution in [3.05, 3.63) is 29.8 Å². The van der Waals surface area contributed by atoms with Crippen LogP contribution < -0.4 is 10.1 Å². The second-order valence-electron chi connectivity index (χ2n) is 5.40. The zero-order chi connectivity index (χ0) is 16.8. The summed E-state index contributed by atoms with van der Waals surface area (Å²) in [4.78, 5) is 36.6. The molecule has 0 radical (unpaired) electrons. The van der Waals surface area contributed by atoms with Crippen molar-refractivity contribution >= 4 is 17.8 Å². The summed E-state index contributed by atoms with van der Waals surface area (Å²) in [5, 5.41) is 11.4. The van der Waals surface area contributed by atoms with Gasteiger partial charge in [-0.3, -0.25) is 14.4 Å². The van der Waals surface area contributed by atoms with E-state index >= 15 is 0 Å². The highest BCUT2D eigenvalue weighted by molar-refractivity contribution is 5.96. The van der Waals surface area contributed by atoms with E-state index in [9.17, 15) is 14.4 Å². The summed E-state index contributed by atoms with van der Waals surface area (Å²) < 4.78 is 5.05. The lowest BCUT2D eigenvalue weighted by Crippen LogP contribution is -2.43. The molecule has 1 aromatic carbocycles. The van der Waals surface area contributed by atoms with E-state index in [1.807, 2.05) is 0 Å². The van der Waals surface area contributed by atoms with Crippen molar-refractivity contribution in [3.63, 3.8) is 0 Å². The highest BCUT2D eigenvalue weighted by atomic mass is 16.5. The van der Waals surface area contributed by atoms with Gasteiger partial charge < -0.3 is 20.1 Å². The van der Waals surface area contributed by atoms with Gasteiger partial charge in [0.15, 0.2) is 0 Å². The van der Waals surface area contributed by atoms with Crippen LogP contribution in [0.5, 0.6) is 5.75 Å². The summed E-state index contributed by atoms with van der Waals surface area (Å²) in [7, 11) is 1.51. The summed E-state index contributed by atoms with van der Waals surface area (Å²) >= 11 is 0. The van der Waals surface area contributed by atoms with Crippen LogP contribution >= 0.6 is 0 Å². The standard InChI is InChI=1S/C16H20N2O5/c1-23-13-6-2-4-11(8-13)16(22)17-10-14(19)18-7-3-5-12(18)9-15(20)21/h2,4,6,8,12H,3,5,7,9-10H2,1H3,(H,17,22)(H,20,21)/t12-/m0/s1. The highest BCUT2D eigenvalue weighted by Crippen LogP contribution is 2.20. The maximum Gasteiger partial charge on any atom is 0.305 e. The molecule has 124 valence electrons. The van der Waals surface area contributed by atoms with Crippen molar-refractivity contribution in [3.8, 4) is 5.75 Å². The number of nitrogens with one attached hydrogen (secondary N) is 1. The van der Waals surface area contributed by atoms with E-state index in [1.54, 1.807) is 29.2 Å². The van der Waals surface area contributed by atoms with Gasteiger partial charge >= 0.3 is 5.97 Å². The van der Waals surface area contributed by atoms with Gasteiger partial charge in [0.05, 0.1) is 20.1 Å². The smallest absolute Gasteiger partial charge is 0.305 e. The number of carbonyl (C=O) groups excluding carboxylic acids is 2. The van der Waals surface area contributed by atoms with Crippen LogP contribution in [0, 0.1) is 0 Å². The number of carboxylic acid groups (broad SMARTS) is 1. The number of amides is 2. The molecule has 0 aliphatic carbocycles. The zero-order valence-electron chi connectivity index (χ0n) is 12.9. The molecular weight excluding hydrogens is 300 g/mol. The molecule has 2 rings (SSSR count). The minimum atomic E-state index is -0.921. The van der Waals surface area contributed by atoms with Crippen LogP contribution in [0.15, 0.2) is 24.3 Å². The molecule has 1 heterocycles. The van der Waals surface area contributed by atoms with E-state index in [0.717, 1.165) is 6.42 Å². The summed E-state index contributed by atoms with van der Waals surface area (Å²) in [5.74, 6) is -0.989. The van der Waals surface area contributed by atoms with Crippen molar-refractivity contribution in [1.29, 1.82) is 0 Å². The minimum absolute atomic E-state index is 0.0599. The van der Waals surface area contributed by atoms with E-state index in [-0.39, 0.29) is 30.8 Å². The molecule has 2 N–H and O–H groups in total. The number of likely N-dealkylation sites (tertiary alicyclic amines) is 1. The molecule has 0 aromatic heterocycles. The molecule has 23 heavy (non-hydrogen) atoms. The van der Waals surface area contributed by atoms with Crippen molar-refractivity contribution in [2.75, 3.05) is 20.2 Å². The van der Waals surface area contributed by atoms with Crippen LogP contribution in [-0.4, -0.2) is 54.0 Å². The Morgan fingerprint density at radius 2 is 2.17 bits per heavy atom. The molecule has 1 atom stereocenters. The number of carbonyl (C=O) groups is 3. The number of methoxy groups -OCH3 is 1. The van der Waals surface area contributed by atoms with E-state index in [1.165, 1.54) is 7.11 Å². The average molecular weight is 320 g/mol. The van der Waals surface area contributed by atoms with Gasteiger partial charge in [-0.2, -0.15) is 0 Å². The Hall–Kier alpha value is -2.57. The predicted molar refractivity (Wildman–Crippen MR) is 82.3 cm³/mol. The lowest BCUT2D eigenvalue weighted by atomic mass is 10.1. The largest absolute Gasteiger partial charge is 0.497 e. The number of benzene rings is 1. The molecule has 1 aliphatic heterocycles. The molecule has 1 saturated heterocycles. The molecule has 0 spiro atoms. The number of aliphatic carboxylic acids is 1. The van der Waals surface area contributed by atoms with Gasteiger partial charge in [0.2, 0.25) is 5.91 Å². The Labute approximate surface area is 134 Å². The number of hydrogen-bond acceptors (Lipinski definition) is 4. The molecule has 1 aromatic rings. The quantitative estimate of drug-likeness (QED) is 0.811. The van der Waals surface area contributed by atoms with Crippen molar-refractivity contribution in [2.24, 2.45) is 0 Å². The fraction of sp³-hybridized carbons (Fsp3) is 0.438. The monoisotopic (exact) mass is 320 g/mol. The van der Waals surface area contributed by atoms with Gasteiger partial charge in [-0.15, -0.1) is 0 Å². The number of hydrogen-bond donors (Lipinski definition) is 2. The first-order chi connectivity index (χ1) is 11.0. The third kappa shape index (κ3) is 4.45. The molecule has 1 aliphatic rings. The van der Waals surface area contributed by atoms with Gasteiger partial charge in [-0.05, 0) is 31.0 Å². The van der Waals surface area contributed by atoms with Crippen molar-refractivity contribution < 1.29 is 24.2 Å². The molecule has 0 unspecified atom stereocenters. The minimum Gasteiger partial charge on any atom is -0.497 e. The lowest BCUT2D eigenvalue weighted by Gasteiger charge is -2.23. The van der Waals surface area contributed by atoms with Crippen LogP contribution in [0.4, 0.5) is 0 Å².